The number of nitrogens with zero attached hydrogens (tertiary/aromatic N) is 3. The van der Waals surface area contributed by atoms with E-state index in [0.29, 0.717) is 39.1 Å². The van der Waals surface area contributed by atoms with Crippen LogP contribution in [0.15, 0.2) is 42.7 Å². The van der Waals surface area contributed by atoms with Crippen molar-refractivity contribution in [2.75, 3.05) is 26.8 Å². The summed E-state index contributed by atoms with van der Waals surface area (Å²) in [5, 5.41) is 7.17. The third-order valence-corrected chi connectivity index (χ3v) is 5.20. The number of likely N-dealkylation sites (tertiary alicyclic amines) is 1. The fourth-order valence-electron chi connectivity index (χ4n) is 3.71. The predicted molar refractivity (Wildman–Crippen MR) is 105 cm³/mol. The van der Waals surface area contributed by atoms with E-state index >= 15 is 0 Å². The maximum Gasteiger partial charge on any atom is 0.225 e. The molecule has 2 heterocycles. The van der Waals surface area contributed by atoms with E-state index in [9.17, 15) is 9.59 Å². The van der Waals surface area contributed by atoms with Crippen LogP contribution in [0.5, 0.6) is 0 Å². The van der Waals surface area contributed by atoms with Crippen LogP contribution in [0.4, 0.5) is 0 Å². The first-order chi connectivity index (χ1) is 13.6. The predicted octanol–water partition coefficient (Wildman–Crippen LogP) is 1.93. The topological polar surface area (TPSA) is 76.5 Å². The smallest absolute Gasteiger partial charge is 0.225 e. The van der Waals surface area contributed by atoms with Gasteiger partial charge in [0.25, 0.3) is 0 Å². The van der Waals surface area contributed by atoms with Crippen molar-refractivity contribution in [3.63, 3.8) is 0 Å². The van der Waals surface area contributed by atoms with Crippen molar-refractivity contribution in [2.24, 2.45) is 5.92 Å². The molecule has 7 heteroatoms. The quantitative estimate of drug-likeness (QED) is 0.755. The van der Waals surface area contributed by atoms with Gasteiger partial charge in [0.15, 0.2) is 0 Å². The Kier molecular flexibility index (Phi) is 6.81. The van der Waals surface area contributed by atoms with Gasteiger partial charge in [-0.3, -0.25) is 14.3 Å². The molecule has 0 radical (unpaired) electrons. The molecule has 1 N–H and O–H groups in total. The van der Waals surface area contributed by atoms with Gasteiger partial charge >= 0.3 is 0 Å². The van der Waals surface area contributed by atoms with E-state index in [1.807, 2.05) is 43.5 Å². The van der Waals surface area contributed by atoms with Crippen molar-refractivity contribution in [1.82, 2.24) is 20.0 Å². The fraction of sp³-hybridized carbons (Fsp3) is 0.476. The number of carbonyl (C=O) groups excluding carboxylic acids is 2. The molecule has 2 unspecified atom stereocenters. The molecule has 28 heavy (non-hydrogen) atoms. The molecule has 1 aliphatic rings. The molecule has 1 saturated heterocycles. The lowest BCUT2D eigenvalue weighted by Crippen LogP contribution is -2.49. The zero-order valence-corrected chi connectivity index (χ0v) is 16.5. The minimum atomic E-state index is -0.283. The normalized spacial score (nSPS) is 19.6. The number of amides is 2. The van der Waals surface area contributed by atoms with Gasteiger partial charge in [0.2, 0.25) is 11.8 Å². The zero-order chi connectivity index (χ0) is 19.9. The minimum Gasteiger partial charge on any atom is -0.383 e. The Labute approximate surface area is 165 Å². The van der Waals surface area contributed by atoms with Crippen LogP contribution in [-0.2, 0) is 20.9 Å². The molecule has 3 rings (SSSR count). The van der Waals surface area contributed by atoms with Gasteiger partial charge in [-0.1, -0.05) is 29.8 Å². The zero-order valence-electron chi connectivity index (χ0n) is 16.5. The van der Waals surface area contributed by atoms with Gasteiger partial charge in [-0.15, -0.1) is 0 Å². The van der Waals surface area contributed by atoms with E-state index in [4.69, 9.17) is 4.74 Å². The number of carbonyl (C=O) groups is 2. The average Bonchev–Trinajstić information content (AvgIpc) is 3.21. The molecule has 2 atom stereocenters. The SMILES string of the molecule is COCCN1C(=O)CCC(C(=O)NCCn2cccn2)C1c1ccc(C)cc1. The Morgan fingerprint density at radius 2 is 2.07 bits per heavy atom. The molecule has 1 aliphatic heterocycles. The van der Waals surface area contributed by atoms with Gasteiger partial charge < -0.3 is 15.0 Å². The molecule has 2 amide bonds. The first-order valence-corrected chi connectivity index (χ1v) is 9.70. The first-order valence-electron chi connectivity index (χ1n) is 9.70. The average molecular weight is 384 g/mol. The summed E-state index contributed by atoms with van der Waals surface area (Å²) in [6, 6.07) is 9.66. The highest BCUT2D eigenvalue weighted by molar-refractivity contribution is 5.85. The Bertz CT molecular complexity index is 773. The van der Waals surface area contributed by atoms with Crippen molar-refractivity contribution < 1.29 is 14.3 Å². The van der Waals surface area contributed by atoms with Crippen LogP contribution in [0.1, 0.15) is 30.0 Å². The summed E-state index contributed by atoms with van der Waals surface area (Å²) >= 11 is 0. The van der Waals surface area contributed by atoms with Crippen molar-refractivity contribution in [3.05, 3.63) is 53.9 Å². The molecule has 2 aromatic rings. The summed E-state index contributed by atoms with van der Waals surface area (Å²) in [6.45, 7) is 4.07. The van der Waals surface area contributed by atoms with Crippen LogP contribution >= 0.6 is 0 Å². The monoisotopic (exact) mass is 384 g/mol. The van der Waals surface area contributed by atoms with Gasteiger partial charge in [0, 0.05) is 39.0 Å². The molecule has 1 aromatic heterocycles. The summed E-state index contributed by atoms with van der Waals surface area (Å²) in [5.41, 5.74) is 2.14. The highest BCUT2D eigenvalue weighted by Gasteiger charge is 2.40. The molecular weight excluding hydrogens is 356 g/mol. The Morgan fingerprint density at radius 3 is 2.75 bits per heavy atom. The number of hydrogen-bond donors (Lipinski definition) is 1. The number of methoxy groups -OCH3 is 1. The van der Waals surface area contributed by atoms with E-state index in [-0.39, 0.29) is 23.8 Å². The summed E-state index contributed by atoms with van der Waals surface area (Å²) in [6.07, 6.45) is 4.51. The maximum absolute atomic E-state index is 13.0. The van der Waals surface area contributed by atoms with Crippen molar-refractivity contribution in [1.29, 1.82) is 0 Å². The Morgan fingerprint density at radius 1 is 1.29 bits per heavy atom. The maximum atomic E-state index is 13.0. The number of rotatable bonds is 8. The van der Waals surface area contributed by atoms with Gasteiger partial charge in [-0.2, -0.15) is 5.10 Å². The lowest BCUT2D eigenvalue weighted by atomic mass is 9.83. The third kappa shape index (κ3) is 4.78. The molecule has 1 fully saturated rings. The van der Waals surface area contributed by atoms with E-state index in [2.05, 4.69) is 10.4 Å². The third-order valence-electron chi connectivity index (χ3n) is 5.20. The molecule has 0 spiro atoms. The second-order valence-corrected chi connectivity index (χ2v) is 7.14. The fourth-order valence-corrected chi connectivity index (χ4v) is 3.71. The van der Waals surface area contributed by atoms with Crippen molar-refractivity contribution in [3.8, 4) is 0 Å². The van der Waals surface area contributed by atoms with Gasteiger partial charge in [0.1, 0.15) is 0 Å². The largest absolute Gasteiger partial charge is 0.383 e. The van der Waals surface area contributed by atoms with Gasteiger partial charge in [-0.25, -0.2) is 0 Å². The highest BCUT2D eigenvalue weighted by atomic mass is 16.5. The standard InChI is InChI=1S/C21H28N4O3/c1-16-4-6-17(7-5-16)20-18(8-9-19(26)25(20)14-15-28-2)21(27)22-11-13-24-12-3-10-23-24/h3-7,10,12,18,20H,8-9,11,13-15H2,1-2H3,(H,22,27). The lowest BCUT2D eigenvalue weighted by Gasteiger charge is -2.40. The van der Waals surface area contributed by atoms with E-state index < -0.39 is 0 Å². The number of benzene rings is 1. The summed E-state index contributed by atoms with van der Waals surface area (Å²) in [4.78, 5) is 27.4. The Balaban J connectivity index is 1.76. The number of nitrogens with one attached hydrogen (secondary N) is 1. The van der Waals surface area contributed by atoms with E-state index in [1.54, 1.807) is 22.9 Å². The molecule has 7 nitrogen and oxygen atoms in total. The minimum absolute atomic E-state index is 0.0207. The highest BCUT2D eigenvalue weighted by Crippen LogP contribution is 2.36. The van der Waals surface area contributed by atoms with Crippen LogP contribution in [0.25, 0.3) is 0 Å². The number of ether oxygens (including phenoxy) is 1. The number of piperidine rings is 1. The summed E-state index contributed by atoms with van der Waals surface area (Å²) in [7, 11) is 1.62. The Hall–Kier alpha value is -2.67. The number of hydrogen-bond acceptors (Lipinski definition) is 4. The van der Waals surface area contributed by atoms with Crippen LogP contribution in [0.2, 0.25) is 0 Å². The second kappa shape index (κ2) is 9.50. The summed E-state index contributed by atoms with van der Waals surface area (Å²) in [5.74, 6) is -0.231. The first kappa shape index (κ1) is 20.1. The van der Waals surface area contributed by atoms with Crippen LogP contribution in [0, 0.1) is 12.8 Å². The second-order valence-electron chi connectivity index (χ2n) is 7.14. The van der Waals surface area contributed by atoms with Crippen LogP contribution in [0.3, 0.4) is 0 Å². The lowest BCUT2D eigenvalue weighted by molar-refractivity contribution is -0.144. The van der Waals surface area contributed by atoms with Gasteiger partial charge in [0.05, 0.1) is 25.1 Å². The molecule has 0 saturated carbocycles. The van der Waals surface area contributed by atoms with Crippen LogP contribution < -0.4 is 5.32 Å². The van der Waals surface area contributed by atoms with Gasteiger partial charge in [-0.05, 0) is 25.0 Å². The number of aryl methyl sites for hydroxylation is 1. The van der Waals surface area contributed by atoms with Crippen LogP contribution in [-0.4, -0.2) is 53.3 Å². The molecule has 0 bridgehead atoms. The summed E-state index contributed by atoms with van der Waals surface area (Å²) < 4.78 is 6.98. The van der Waals surface area contributed by atoms with E-state index in [0.717, 1.165) is 11.1 Å². The molecule has 150 valence electrons. The van der Waals surface area contributed by atoms with E-state index in [1.165, 1.54) is 0 Å². The number of aromatic nitrogens is 2. The van der Waals surface area contributed by atoms with Crippen molar-refractivity contribution >= 4 is 11.8 Å². The molecule has 0 aliphatic carbocycles. The molecule has 1 aromatic carbocycles. The van der Waals surface area contributed by atoms with Crippen molar-refractivity contribution in [2.45, 2.75) is 32.4 Å². The molecular formula is C21H28N4O3.